The Morgan fingerprint density at radius 1 is 0.756 bits per heavy atom. The monoisotopic (exact) mass is 584 g/mol. The molecule has 0 aliphatic heterocycles. The molecule has 1 heterocycles. The molecule has 0 aliphatic carbocycles. The molecular weight excluding hydrogens is 555 g/mol. The zero-order valence-electron chi connectivity index (χ0n) is 22.3. The second kappa shape index (κ2) is 12.4. The highest BCUT2D eigenvalue weighted by Gasteiger charge is 2.41. The number of para-hydroxylation sites is 3. The van der Waals surface area contributed by atoms with Crippen LogP contribution in [0, 0.1) is 0 Å². The fraction of sp³-hybridized carbons (Fsp3) is 0.0938. The quantitative estimate of drug-likeness (QED) is 0.157. The van der Waals surface area contributed by atoms with Crippen molar-refractivity contribution in [3.05, 3.63) is 139 Å². The number of nitrogens with one attached hydrogen (secondary N) is 1. The summed E-state index contributed by atoms with van der Waals surface area (Å²) >= 11 is 0. The van der Waals surface area contributed by atoms with E-state index in [2.05, 4.69) is 10.3 Å². The van der Waals surface area contributed by atoms with Crippen LogP contribution in [0.4, 0.5) is 5.69 Å². The van der Waals surface area contributed by atoms with E-state index in [1.807, 2.05) is 42.5 Å². The summed E-state index contributed by atoms with van der Waals surface area (Å²) in [6, 6.07) is 37.4. The summed E-state index contributed by atoms with van der Waals surface area (Å²) in [5, 5.41) is 3.37. The average Bonchev–Trinajstić information content (AvgIpc) is 3.01. The first-order chi connectivity index (χ1) is 19.9. The molecule has 208 valence electrons. The summed E-state index contributed by atoms with van der Waals surface area (Å²) in [6.07, 6.45) is 1.62. The molecule has 1 N–H and O–H groups in total. The molecule has 0 spiro atoms. The molecule has 0 saturated heterocycles. The Bertz CT molecular complexity index is 1690. The molecule has 7 nitrogen and oxygen atoms in total. The van der Waals surface area contributed by atoms with Crippen molar-refractivity contribution in [3.63, 3.8) is 0 Å². The predicted octanol–water partition coefficient (Wildman–Crippen LogP) is 8.00. The van der Waals surface area contributed by atoms with E-state index < -0.39 is 23.2 Å². The lowest BCUT2D eigenvalue weighted by atomic mass is 10.1. The van der Waals surface area contributed by atoms with Gasteiger partial charge in [-0.15, -0.1) is 0 Å². The van der Waals surface area contributed by atoms with Gasteiger partial charge in [0.15, 0.2) is 15.6 Å². The van der Waals surface area contributed by atoms with Crippen molar-refractivity contribution < 1.29 is 22.0 Å². The normalized spacial score (nSPS) is 12.3. The van der Waals surface area contributed by atoms with Crippen molar-refractivity contribution in [2.45, 2.75) is 17.6 Å². The fourth-order valence-corrected chi connectivity index (χ4v) is 6.99. The van der Waals surface area contributed by atoms with Gasteiger partial charge in [0.1, 0.15) is 11.5 Å². The van der Waals surface area contributed by atoms with E-state index in [1.165, 1.54) is 0 Å². The van der Waals surface area contributed by atoms with Crippen LogP contribution in [-0.4, -0.2) is 19.2 Å². The summed E-state index contributed by atoms with van der Waals surface area (Å²) in [7, 11) is -7.36. The van der Waals surface area contributed by atoms with Gasteiger partial charge >= 0.3 is 7.60 Å². The molecule has 0 unspecified atom stereocenters. The predicted molar refractivity (Wildman–Crippen MR) is 162 cm³/mol. The highest BCUT2D eigenvalue weighted by molar-refractivity contribution is 7.91. The molecule has 5 aromatic rings. The summed E-state index contributed by atoms with van der Waals surface area (Å²) in [5.74, 6) is -0.126. The van der Waals surface area contributed by atoms with E-state index >= 15 is 0 Å². The summed E-state index contributed by atoms with van der Waals surface area (Å²) < 4.78 is 51.9. The third-order valence-electron chi connectivity index (χ3n) is 6.33. The number of rotatable bonds is 11. The lowest BCUT2D eigenvalue weighted by molar-refractivity contribution is 0.376. The van der Waals surface area contributed by atoms with Crippen LogP contribution in [0.15, 0.2) is 138 Å². The lowest BCUT2D eigenvalue weighted by Gasteiger charge is -2.29. The number of aromatic nitrogens is 1. The van der Waals surface area contributed by atoms with Gasteiger partial charge in [-0.05, 0) is 66.2 Å². The topological polar surface area (TPSA) is 94.6 Å². The molecular formula is C32H29N2O5PS. The Morgan fingerprint density at radius 2 is 1.29 bits per heavy atom. The number of hydrogen-bond donors (Lipinski definition) is 1. The SMILES string of the molecule is CCS(=O)(=O)c1ccc(-c2cc([C@H](Nc3ccccc3)P(=O)(Oc3ccccc3)Oc3ccccc3)ccn2)cc1. The van der Waals surface area contributed by atoms with Gasteiger partial charge in [0.05, 0.1) is 16.3 Å². The van der Waals surface area contributed by atoms with Gasteiger partial charge in [-0.2, -0.15) is 0 Å². The van der Waals surface area contributed by atoms with E-state index in [-0.39, 0.29) is 10.6 Å². The lowest BCUT2D eigenvalue weighted by Crippen LogP contribution is -2.18. The first-order valence-electron chi connectivity index (χ1n) is 13.1. The van der Waals surface area contributed by atoms with Crippen LogP contribution < -0.4 is 14.4 Å². The first kappa shape index (κ1) is 28.1. The average molecular weight is 585 g/mol. The van der Waals surface area contributed by atoms with Crippen LogP contribution in [-0.2, 0) is 14.4 Å². The zero-order valence-corrected chi connectivity index (χ0v) is 24.0. The maximum atomic E-state index is 14.9. The smallest absolute Gasteiger partial charge is 0.414 e. The summed E-state index contributed by atoms with van der Waals surface area (Å²) in [6.45, 7) is 1.61. The number of pyridine rings is 1. The van der Waals surface area contributed by atoms with E-state index in [1.54, 1.807) is 98.0 Å². The summed E-state index contributed by atoms with van der Waals surface area (Å²) in [4.78, 5) is 4.76. The second-order valence-corrected chi connectivity index (χ2v) is 13.4. The van der Waals surface area contributed by atoms with Crippen LogP contribution in [0.3, 0.4) is 0 Å². The van der Waals surface area contributed by atoms with Crippen LogP contribution >= 0.6 is 7.60 Å². The third kappa shape index (κ3) is 6.85. The highest BCUT2D eigenvalue weighted by Crippen LogP contribution is 2.60. The number of anilines is 1. The van der Waals surface area contributed by atoms with Gasteiger partial charge in [0.25, 0.3) is 0 Å². The maximum Gasteiger partial charge on any atom is 0.457 e. The molecule has 0 amide bonds. The zero-order chi connectivity index (χ0) is 28.7. The van der Waals surface area contributed by atoms with Gasteiger partial charge in [-0.3, -0.25) is 4.98 Å². The van der Waals surface area contributed by atoms with Crippen LogP contribution in [0.5, 0.6) is 11.5 Å². The Kier molecular flexibility index (Phi) is 8.53. The van der Waals surface area contributed by atoms with Crippen LogP contribution in [0.2, 0.25) is 0 Å². The molecule has 0 radical (unpaired) electrons. The molecule has 1 aromatic heterocycles. The Hall–Kier alpha value is -4.39. The Balaban J connectivity index is 1.60. The number of hydrogen-bond acceptors (Lipinski definition) is 7. The molecule has 41 heavy (non-hydrogen) atoms. The minimum absolute atomic E-state index is 0.0189. The van der Waals surface area contributed by atoms with Gasteiger partial charge in [0.2, 0.25) is 0 Å². The largest absolute Gasteiger partial charge is 0.457 e. The third-order valence-corrected chi connectivity index (χ3v) is 10.1. The van der Waals surface area contributed by atoms with Crippen molar-refractivity contribution in [3.8, 4) is 22.8 Å². The maximum absolute atomic E-state index is 14.9. The minimum atomic E-state index is -4.02. The van der Waals surface area contributed by atoms with Crippen molar-refractivity contribution in [1.82, 2.24) is 4.98 Å². The number of nitrogens with zero attached hydrogens (tertiary/aromatic N) is 1. The standard InChI is InChI=1S/C32H29N2O5PS/c1-2-41(36,37)30-20-18-25(19-21-30)31-24-26(22-23-33-31)32(34-27-12-6-3-7-13-27)40(35,38-28-14-8-4-9-15-28)39-29-16-10-5-11-17-29/h3-24,32,34H,2H2,1H3/t32-/m1/s1. The molecule has 0 saturated carbocycles. The van der Waals surface area contributed by atoms with E-state index in [4.69, 9.17) is 9.05 Å². The number of benzene rings is 4. The highest BCUT2D eigenvalue weighted by atomic mass is 32.2. The minimum Gasteiger partial charge on any atom is -0.414 e. The first-order valence-corrected chi connectivity index (χ1v) is 16.3. The molecule has 0 aliphatic rings. The van der Waals surface area contributed by atoms with Crippen LogP contribution in [0.25, 0.3) is 11.3 Å². The van der Waals surface area contributed by atoms with E-state index in [0.717, 1.165) is 5.69 Å². The summed E-state index contributed by atoms with van der Waals surface area (Å²) in [5.41, 5.74) is 2.62. The van der Waals surface area contributed by atoms with Gasteiger partial charge in [-0.1, -0.05) is 73.7 Å². The van der Waals surface area contributed by atoms with Crippen molar-refractivity contribution in [2.75, 3.05) is 11.1 Å². The molecule has 9 heteroatoms. The van der Waals surface area contributed by atoms with E-state index in [9.17, 15) is 13.0 Å². The van der Waals surface area contributed by atoms with Crippen molar-refractivity contribution in [2.24, 2.45) is 0 Å². The van der Waals surface area contributed by atoms with Crippen molar-refractivity contribution >= 4 is 23.1 Å². The fourth-order valence-electron chi connectivity index (χ4n) is 4.19. The van der Waals surface area contributed by atoms with Gasteiger partial charge in [-0.25, -0.2) is 13.0 Å². The second-order valence-electron chi connectivity index (χ2n) is 9.16. The van der Waals surface area contributed by atoms with Crippen molar-refractivity contribution in [1.29, 1.82) is 0 Å². The van der Waals surface area contributed by atoms with E-state index in [0.29, 0.717) is 28.3 Å². The molecule has 0 fully saturated rings. The Morgan fingerprint density at radius 3 is 1.83 bits per heavy atom. The molecule has 4 aromatic carbocycles. The van der Waals surface area contributed by atoms with Crippen LogP contribution in [0.1, 0.15) is 18.3 Å². The molecule has 0 bridgehead atoms. The Labute approximate surface area is 240 Å². The van der Waals surface area contributed by atoms with Gasteiger partial charge < -0.3 is 14.4 Å². The molecule has 5 rings (SSSR count). The number of sulfone groups is 1. The van der Waals surface area contributed by atoms with Gasteiger partial charge in [0, 0.05) is 17.4 Å². The molecule has 1 atom stereocenters.